The van der Waals surface area contributed by atoms with E-state index >= 15 is 0 Å². The molecule has 1 amide bonds. The van der Waals surface area contributed by atoms with Crippen LogP contribution in [0.2, 0.25) is 0 Å². The minimum atomic E-state index is -1.08. The molecule has 4 aromatic rings. The van der Waals surface area contributed by atoms with Gasteiger partial charge in [-0.3, -0.25) is 4.79 Å². The van der Waals surface area contributed by atoms with E-state index in [0.717, 1.165) is 18.8 Å². The highest BCUT2D eigenvalue weighted by atomic mass is 35.5. The fourth-order valence-electron chi connectivity index (χ4n) is 4.30. The van der Waals surface area contributed by atoms with Crippen molar-refractivity contribution in [1.29, 1.82) is 0 Å². The van der Waals surface area contributed by atoms with Crippen LogP contribution in [0.15, 0.2) is 78.9 Å². The van der Waals surface area contributed by atoms with Gasteiger partial charge in [0.25, 0.3) is 5.91 Å². The van der Waals surface area contributed by atoms with Crippen molar-refractivity contribution >= 4 is 77.2 Å². The second kappa shape index (κ2) is 13.3. The molecule has 1 aromatic heterocycles. The van der Waals surface area contributed by atoms with Crippen LogP contribution in [0.5, 0.6) is 0 Å². The number of benzene rings is 3. The number of nitrogens with one attached hydrogen (secondary N) is 1. The van der Waals surface area contributed by atoms with Crippen LogP contribution in [-0.2, 0) is 0 Å². The second-order valence-corrected chi connectivity index (χ2v) is 8.31. The molecule has 3 aromatic carbocycles. The van der Waals surface area contributed by atoms with Gasteiger partial charge < -0.3 is 20.2 Å². The summed E-state index contributed by atoms with van der Waals surface area (Å²) in [5.41, 5.74) is 2.04. The quantitative estimate of drug-likeness (QED) is 0.305. The van der Waals surface area contributed by atoms with E-state index in [9.17, 15) is 19.1 Å². The zero-order valence-corrected chi connectivity index (χ0v) is 22.5. The summed E-state index contributed by atoms with van der Waals surface area (Å²) in [4.78, 5) is 33.7. The number of aromatic carboxylic acids is 1. The maximum Gasteiger partial charge on any atom is 0.336 e. The molecule has 0 aliphatic carbocycles. The standard InChI is InChI=1S/C27H23FN4O3.3ClH/c28-23-9-5-4-8-20(23)26(33)29-18-10-11-24-21(16-18)22(27(34)35)17-25(30-24)32-14-12-31(13-15-32)19-6-2-1-3-7-19;;;/h1-11,16-17H,12-15H2,(H,29,33)(H,34,35);3*1H. The van der Waals surface area contributed by atoms with Gasteiger partial charge in [-0.2, -0.15) is 0 Å². The van der Waals surface area contributed by atoms with Crippen molar-refractivity contribution in [3.63, 3.8) is 0 Å². The first-order valence-electron chi connectivity index (χ1n) is 11.3. The Morgan fingerprint density at radius 1 is 0.789 bits per heavy atom. The average molecular weight is 580 g/mol. The van der Waals surface area contributed by atoms with Crippen molar-refractivity contribution < 1.29 is 19.1 Å². The summed E-state index contributed by atoms with van der Waals surface area (Å²) in [6.45, 7) is 3.02. The summed E-state index contributed by atoms with van der Waals surface area (Å²) in [5.74, 6) is -1.72. The van der Waals surface area contributed by atoms with E-state index in [1.807, 2.05) is 18.2 Å². The van der Waals surface area contributed by atoms with E-state index in [-0.39, 0.29) is 48.3 Å². The number of hydrogen-bond donors (Lipinski definition) is 2. The molecule has 2 heterocycles. The predicted octanol–water partition coefficient (Wildman–Crippen LogP) is 5.92. The topological polar surface area (TPSA) is 85.8 Å². The Kier molecular flexibility index (Phi) is 10.7. The van der Waals surface area contributed by atoms with Gasteiger partial charge in [-0.15, -0.1) is 37.2 Å². The molecular formula is C27H26Cl3FN4O3. The number of rotatable bonds is 5. The van der Waals surface area contributed by atoms with Crippen LogP contribution >= 0.6 is 37.2 Å². The van der Waals surface area contributed by atoms with Crippen molar-refractivity contribution in [2.75, 3.05) is 41.3 Å². The van der Waals surface area contributed by atoms with E-state index in [1.54, 1.807) is 30.3 Å². The van der Waals surface area contributed by atoms with Gasteiger partial charge in [0.05, 0.1) is 16.6 Å². The molecule has 0 unspecified atom stereocenters. The molecule has 2 N–H and O–H groups in total. The average Bonchev–Trinajstić information content (AvgIpc) is 2.89. The Morgan fingerprint density at radius 2 is 1.42 bits per heavy atom. The summed E-state index contributed by atoms with van der Waals surface area (Å²) in [5, 5.41) is 12.9. The lowest BCUT2D eigenvalue weighted by molar-refractivity contribution is 0.0698. The number of fused-ring (bicyclic) bond motifs is 1. The van der Waals surface area contributed by atoms with Crippen LogP contribution in [0.25, 0.3) is 10.9 Å². The molecular weight excluding hydrogens is 554 g/mol. The molecule has 0 spiro atoms. The maximum atomic E-state index is 14.0. The van der Waals surface area contributed by atoms with Crippen molar-refractivity contribution in [3.8, 4) is 0 Å². The number of anilines is 3. The Morgan fingerprint density at radius 3 is 2.08 bits per heavy atom. The lowest BCUT2D eigenvalue weighted by Gasteiger charge is -2.37. The molecule has 1 aliphatic heterocycles. The number of carbonyl (C=O) groups excluding carboxylic acids is 1. The highest BCUT2D eigenvalue weighted by Gasteiger charge is 2.21. The highest BCUT2D eigenvalue weighted by Crippen LogP contribution is 2.28. The van der Waals surface area contributed by atoms with Crippen molar-refractivity contribution in [2.24, 2.45) is 0 Å². The Bertz CT molecular complexity index is 1420. The summed E-state index contributed by atoms with van der Waals surface area (Å²) < 4.78 is 14.0. The number of nitrogens with zero attached hydrogens (tertiary/aromatic N) is 3. The monoisotopic (exact) mass is 578 g/mol. The zero-order chi connectivity index (χ0) is 24.4. The second-order valence-electron chi connectivity index (χ2n) is 8.31. The molecule has 0 bridgehead atoms. The van der Waals surface area contributed by atoms with Gasteiger partial charge in [0.2, 0.25) is 0 Å². The molecule has 0 radical (unpaired) electrons. The van der Waals surface area contributed by atoms with E-state index in [4.69, 9.17) is 4.98 Å². The van der Waals surface area contributed by atoms with Gasteiger partial charge in [-0.25, -0.2) is 14.2 Å². The van der Waals surface area contributed by atoms with Gasteiger partial charge >= 0.3 is 5.97 Å². The Labute approximate surface area is 237 Å². The van der Waals surface area contributed by atoms with Crippen molar-refractivity contribution in [3.05, 3.63) is 95.8 Å². The third-order valence-corrected chi connectivity index (χ3v) is 6.13. The van der Waals surface area contributed by atoms with Crippen LogP contribution in [0, 0.1) is 5.82 Å². The number of halogens is 4. The normalized spacial score (nSPS) is 12.6. The molecule has 38 heavy (non-hydrogen) atoms. The Balaban J connectivity index is 0.00000169. The first kappa shape index (κ1) is 30.6. The summed E-state index contributed by atoms with van der Waals surface area (Å²) in [6.07, 6.45) is 0. The predicted molar refractivity (Wildman–Crippen MR) is 156 cm³/mol. The molecule has 11 heteroatoms. The molecule has 1 aliphatic rings. The molecule has 1 saturated heterocycles. The lowest BCUT2D eigenvalue weighted by atomic mass is 10.1. The SMILES string of the molecule is Cl.Cl.Cl.O=C(Nc1ccc2nc(N3CCN(c4ccccc4)CC3)cc(C(=O)O)c2c1)c1ccccc1F. The van der Waals surface area contributed by atoms with Gasteiger partial charge in [-0.05, 0) is 48.5 Å². The summed E-state index contributed by atoms with van der Waals surface area (Å²) >= 11 is 0. The fraction of sp³-hybridized carbons (Fsp3) is 0.148. The van der Waals surface area contributed by atoms with E-state index in [0.29, 0.717) is 35.5 Å². The first-order valence-corrected chi connectivity index (χ1v) is 11.3. The van der Waals surface area contributed by atoms with Crippen LogP contribution in [0.4, 0.5) is 21.6 Å². The number of aromatic nitrogens is 1. The number of carbonyl (C=O) groups is 2. The highest BCUT2D eigenvalue weighted by molar-refractivity contribution is 6.08. The van der Waals surface area contributed by atoms with Crippen LogP contribution in [0.3, 0.4) is 0 Å². The van der Waals surface area contributed by atoms with Crippen LogP contribution in [0.1, 0.15) is 20.7 Å². The van der Waals surface area contributed by atoms with Gasteiger partial charge in [-0.1, -0.05) is 30.3 Å². The minimum Gasteiger partial charge on any atom is -0.478 e. The summed E-state index contributed by atoms with van der Waals surface area (Å²) in [6, 6.07) is 22.3. The number of carboxylic acids is 1. The molecule has 7 nitrogen and oxygen atoms in total. The van der Waals surface area contributed by atoms with E-state index in [1.165, 1.54) is 18.2 Å². The molecule has 200 valence electrons. The summed E-state index contributed by atoms with van der Waals surface area (Å²) in [7, 11) is 0. The molecule has 5 rings (SSSR count). The van der Waals surface area contributed by atoms with Crippen LogP contribution < -0.4 is 15.1 Å². The first-order chi connectivity index (χ1) is 17.0. The number of amides is 1. The third kappa shape index (κ3) is 6.45. The number of para-hydroxylation sites is 1. The number of piperazine rings is 1. The zero-order valence-electron chi connectivity index (χ0n) is 20.0. The smallest absolute Gasteiger partial charge is 0.336 e. The molecule has 0 atom stereocenters. The lowest BCUT2D eigenvalue weighted by Crippen LogP contribution is -2.46. The number of carboxylic acid groups (broad SMARTS) is 1. The number of pyridine rings is 1. The van der Waals surface area contributed by atoms with Crippen molar-refractivity contribution in [1.82, 2.24) is 4.98 Å². The molecule has 0 saturated carbocycles. The third-order valence-electron chi connectivity index (χ3n) is 6.13. The Hall–Kier alpha value is -3.59. The van der Waals surface area contributed by atoms with Gasteiger partial charge in [0, 0.05) is 42.9 Å². The number of hydrogen-bond acceptors (Lipinski definition) is 5. The van der Waals surface area contributed by atoms with E-state index in [2.05, 4.69) is 27.2 Å². The molecule has 1 fully saturated rings. The largest absolute Gasteiger partial charge is 0.478 e. The van der Waals surface area contributed by atoms with Gasteiger partial charge in [0.1, 0.15) is 11.6 Å². The maximum absolute atomic E-state index is 14.0. The van der Waals surface area contributed by atoms with Gasteiger partial charge in [0.15, 0.2) is 0 Å². The van der Waals surface area contributed by atoms with Crippen LogP contribution in [-0.4, -0.2) is 48.1 Å². The van der Waals surface area contributed by atoms with Crippen molar-refractivity contribution in [2.45, 2.75) is 0 Å². The minimum absolute atomic E-state index is 0. The fourth-order valence-corrected chi connectivity index (χ4v) is 4.30. The van der Waals surface area contributed by atoms with E-state index < -0.39 is 17.7 Å².